The number of hydrogen-bond donors (Lipinski definition) is 1. The summed E-state index contributed by atoms with van der Waals surface area (Å²) in [6.07, 6.45) is 0.538. The first-order valence-electron chi connectivity index (χ1n) is 5.84. The summed E-state index contributed by atoms with van der Waals surface area (Å²) in [4.78, 5) is 25.7. The predicted octanol–water partition coefficient (Wildman–Crippen LogP) is 3.50. The summed E-state index contributed by atoms with van der Waals surface area (Å²) in [6, 6.07) is 10.3. The predicted molar refractivity (Wildman–Crippen MR) is 78.8 cm³/mol. The van der Waals surface area contributed by atoms with Crippen LogP contribution in [0.25, 0.3) is 0 Å². The van der Waals surface area contributed by atoms with Gasteiger partial charge in [0.1, 0.15) is 6.61 Å². The monoisotopic (exact) mass is 351 g/mol. The molecule has 2 aromatic rings. The fourth-order valence-corrected chi connectivity index (χ4v) is 1.84. The third kappa shape index (κ3) is 4.25. The third-order valence-corrected chi connectivity index (χ3v) is 2.90. The lowest BCUT2D eigenvalue weighted by atomic mass is 10.2. The number of nitro groups is 1. The van der Waals surface area contributed by atoms with Crippen molar-refractivity contribution in [3.05, 3.63) is 62.7 Å². The molecule has 0 radical (unpaired) electrons. The van der Waals surface area contributed by atoms with Crippen LogP contribution in [0.1, 0.15) is 5.56 Å². The van der Waals surface area contributed by atoms with Crippen LogP contribution in [0, 0.1) is 10.1 Å². The summed E-state index contributed by atoms with van der Waals surface area (Å²) in [5.41, 5.74) is 0.493. The van der Waals surface area contributed by atoms with E-state index in [0.29, 0.717) is 4.47 Å². The summed E-state index contributed by atoms with van der Waals surface area (Å²) >= 11 is 3.08. The van der Waals surface area contributed by atoms with Gasteiger partial charge in [-0.1, -0.05) is 30.3 Å². The van der Waals surface area contributed by atoms with Gasteiger partial charge in [0.2, 0.25) is 5.82 Å². The van der Waals surface area contributed by atoms with E-state index >= 15 is 0 Å². The van der Waals surface area contributed by atoms with Gasteiger partial charge in [0.15, 0.2) is 0 Å². The second kappa shape index (κ2) is 6.80. The van der Waals surface area contributed by atoms with Crippen LogP contribution in [-0.2, 0) is 11.3 Å². The van der Waals surface area contributed by atoms with Crippen LogP contribution < -0.4 is 5.32 Å². The first kappa shape index (κ1) is 14.9. The molecule has 0 aliphatic carbocycles. The average Bonchev–Trinajstić information content (AvgIpc) is 2.48. The fourth-order valence-electron chi connectivity index (χ4n) is 1.52. The molecule has 1 N–H and O–H groups in total. The number of nitrogens with zero attached hydrogens (tertiary/aromatic N) is 2. The number of rotatable bonds is 4. The molecule has 0 bridgehead atoms. The number of hydrogen-bond acceptors (Lipinski definition) is 5. The van der Waals surface area contributed by atoms with E-state index in [1.807, 2.05) is 18.2 Å². The van der Waals surface area contributed by atoms with Crippen molar-refractivity contribution >= 4 is 33.5 Å². The SMILES string of the molecule is O=C(Nc1ncc(Br)cc1[N+](=O)[O-])OCc1ccccc1. The Morgan fingerprint density at radius 3 is 2.76 bits per heavy atom. The largest absolute Gasteiger partial charge is 0.444 e. The van der Waals surface area contributed by atoms with E-state index in [-0.39, 0.29) is 18.1 Å². The molecule has 0 aliphatic heterocycles. The van der Waals surface area contributed by atoms with Crippen LogP contribution in [0.15, 0.2) is 47.1 Å². The molecule has 0 fully saturated rings. The molecule has 0 saturated carbocycles. The van der Waals surface area contributed by atoms with Gasteiger partial charge in [-0.05, 0) is 21.5 Å². The summed E-state index contributed by atoms with van der Waals surface area (Å²) in [5.74, 6) is -0.165. The Balaban J connectivity index is 2.01. The zero-order valence-corrected chi connectivity index (χ0v) is 12.2. The molecule has 1 aromatic carbocycles. The standard InChI is InChI=1S/C13H10BrN3O4/c14-10-6-11(17(19)20)12(15-7-10)16-13(18)21-8-9-4-2-1-3-5-9/h1-7H,8H2,(H,15,16,18). The highest BCUT2D eigenvalue weighted by atomic mass is 79.9. The Morgan fingerprint density at radius 1 is 1.38 bits per heavy atom. The average molecular weight is 352 g/mol. The van der Waals surface area contributed by atoms with Crippen molar-refractivity contribution < 1.29 is 14.5 Å². The van der Waals surface area contributed by atoms with Crippen LogP contribution in [0.5, 0.6) is 0 Å². The van der Waals surface area contributed by atoms with Gasteiger partial charge in [0.25, 0.3) is 0 Å². The highest BCUT2D eigenvalue weighted by Gasteiger charge is 2.18. The second-order valence-electron chi connectivity index (χ2n) is 3.97. The van der Waals surface area contributed by atoms with E-state index in [9.17, 15) is 14.9 Å². The number of carbonyl (C=O) groups excluding carboxylic acids is 1. The molecule has 2 rings (SSSR count). The molecule has 1 aromatic heterocycles. The maximum absolute atomic E-state index is 11.6. The summed E-state index contributed by atoms with van der Waals surface area (Å²) in [5, 5.41) is 13.1. The Labute approximate surface area is 128 Å². The molecule has 7 nitrogen and oxygen atoms in total. The van der Waals surface area contributed by atoms with Crippen LogP contribution in [0.2, 0.25) is 0 Å². The number of pyridine rings is 1. The first-order chi connectivity index (χ1) is 10.1. The molecule has 0 atom stereocenters. The number of anilines is 1. The van der Waals surface area contributed by atoms with Crippen molar-refractivity contribution in [2.45, 2.75) is 6.61 Å². The number of aromatic nitrogens is 1. The zero-order chi connectivity index (χ0) is 15.2. The van der Waals surface area contributed by atoms with E-state index in [4.69, 9.17) is 4.74 Å². The molecule has 108 valence electrons. The van der Waals surface area contributed by atoms with E-state index in [2.05, 4.69) is 26.2 Å². The lowest BCUT2D eigenvalue weighted by molar-refractivity contribution is -0.384. The van der Waals surface area contributed by atoms with Gasteiger partial charge in [-0.3, -0.25) is 15.4 Å². The van der Waals surface area contributed by atoms with Crippen LogP contribution in [0.4, 0.5) is 16.3 Å². The molecule has 0 unspecified atom stereocenters. The zero-order valence-electron chi connectivity index (χ0n) is 10.7. The van der Waals surface area contributed by atoms with E-state index in [0.717, 1.165) is 5.56 Å². The lowest BCUT2D eigenvalue weighted by Gasteiger charge is -2.07. The van der Waals surface area contributed by atoms with E-state index in [1.165, 1.54) is 12.3 Å². The van der Waals surface area contributed by atoms with Gasteiger partial charge in [0, 0.05) is 16.7 Å². The maximum atomic E-state index is 11.6. The Hall–Kier alpha value is -2.48. The molecule has 1 amide bonds. The minimum atomic E-state index is -0.809. The highest BCUT2D eigenvalue weighted by molar-refractivity contribution is 9.10. The quantitative estimate of drug-likeness (QED) is 0.671. The van der Waals surface area contributed by atoms with Crippen LogP contribution in [0.3, 0.4) is 0 Å². The number of ether oxygens (including phenoxy) is 1. The summed E-state index contributed by atoms with van der Waals surface area (Å²) < 4.78 is 5.41. The lowest BCUT2D eigenvalue weighted by Crippen LogP contribution is -2.15. The number of carbonyl (C=O) groups is 1. The van der Waals surface area contributed by atoms with Crippen molar-refractivity contribution in [1.29, 1.82) is 0 Å². The van der Waals surface area contributed by atoms with Crippen molar-refractivity contribution in [2.24, 2.45) is 0 Å². The van der Waals surface area contributed by atoms with Gasteiger partial charge < -0.3 is 4.74 Å². The minimum Gasteiger partial charge on any atom is -0.444 e. The number of halogens is 1. The summed E-state index contributed by atoms with van der Waals surface area (Å²) in [6.45, 7) is 0.0665. The normalized spacial score (nSPS) is 9.95. The van der Waals surface area contributed by atoms with Gasteiger partial charge in [0.05, 0.1) is 4.92 Å². The van der Waals surface area contributed by atoms with Crippen LogP contribution >= 0.6 is 15.9 Å². The van der Waals surface area contributed by atoms with E-state index in [1.54, 1.807) is 12.1 Å². The molecule has 0 aliphatic rings. The van der Waals surface area contributed by atoms with Crippen molar-refractivity contribution in [2.75, 3.05) is 5.32 Å². The molecule has 0 spiro atoms. The van der Waals surface area contributed by atoms with Gasteiger partial charge in [-0.25, -0.2) is 9.78 Å². The van der Waals surface area contributed by atoms with Gasteiger partial charge in [-0.15, -0.1) is 0 Å². The van der Waals surface area contributed by atoms with Crippen LogP contribution in [-0.4, -0.2) is 16.0 Å². The van der Waals surface area contributed by atoms with E-state index < -0.39 is 11.0 Å². The Bertz CT molecular complexity index is 664. The minimum absolute atomic E-state index is 0.0665. The second-order valence-corrected chi connectivity index (χ2v) is 4.88. The van der Waals surface area contributed by atoms with Gasteiger partial charge >= 0.3 is 11.8 Å². The van der Waals surface area contributed by atoms with Crippen molar-refractivity contribution in [1.82, 2.24) is 4.98 Å². The highest BCUT2D eigenvalue weighted by Crippen LogP contribution is 2.25. The molecule has 1 heterocycles. The number of amides is 1. The molecule has 0 saturated heterocycles. The third-order valence-electron chi connectivity index (χ3n) is 2.46. The number of benzene rings is 1. The Kier molecular flexibility index (Phi) is 4.83. The molecular formula is C13H10BrN3O4. The molecular weight excluding hydrogens is 342 g/mol. The first-order valence-corrected chi connectivity index (χ1v) is 6.63. The number of nitrogens with one attached hydrogen (secondary N) is 1. The topological polar surface area (TPSA) is 94.4 Å². The van der Waals surface area contributed by atoms with Crippen molar-refractivity contribution in [3.8, 4) is 0 Å². The molecule has 21 heavy (non-hydrogen) atoms. The fraction of sp³-hybridized carbons (Fsp3) is 0.0769. The summed E-state index contributed by atoms with van der Waals surface area (Å²) in [7, 11) is 0. The maximum Gasteiger partial charge on any atom is 0.413 e. The van der Waals surface area contributed by atoms with Crippen molar-refractivity contribution in [3.63, 3.8) is 0 Å². The Morgan fingerprint density at radius 2 is 2.10 bits per heavy atom. The van der Waals surface area contributed by atoms with Gasteiger partial charge in [-0.2, -0.15) is 0 Å². The smallest absolute Gasteiger partial charge is 0.413 e. The molecule has 8 heteroatoms.